The summed E-state index contributed by atoms with van der Waals surface area (Å²) in [6.07, 6.45) is 4.21. The normalized spacial score (nSPS) is 30.8. The number of benzene rings is 2. The van der Waals surface area contributed by atoms with Crippen molar-refractivity contribution < 1.29 is 4.79 Å². The highest BCUT2D eigenvalue weighted by molar-refractivity contribution is 5.92. The SMILES string of the molecule is Cc1cccc(CNC(=O)C23N=CC4CC2CN(CC(C)C)C3C4Cc2ccccc2)c1. The number of carbonyl (C=O) groups is 1. The summed E-state index contributed by atoms with van der Waals surface area (Å²) in [6, 6.07) is 19.3. The fourth-order valence-electron chi connectivity index (χ4n) is 6.55. The summed E-state index contributed by atoms with van der Waals surface area (Å²) >= 11 is 0. The van der Waals surface area contributed by atoms with Gasteiger partial charge in [0.1, 0.15) is 0 Å². The maximum absolute atomic E-state index is 13.9. The van der Waals surface area contributed by atoms with E-state index in [0.29, 0.717) is 30.2 Å². The molecular weight excluding hydrogens is 394 g/mol. The number of aryl methyl sites for hydroxylation is 1. The van der Waals surface area contributed by atoms with Gasteiger partial charge in [0, 0.05) is 37.8 Å². The van der Waals surface area contributed by atoms with E-state index in [9.17, 15) is 4.79 Å². The summed E-state index contributed by atoms with van der Waals surface area (Å²) in [5.74, 6) is 1.89. The van der Waals surface area contributed by atoms with Crippen LogP contribution in [-0.2, 0) is 17.8 Å². The smallest absolute Gasteiger partial charge is 0.250 e. The Kier molecular flexibility index (Phi) is 5.66. The zero-order valence-electron chi connectivity index (χ0n) is 19.5. The van der Waals surface area contributed by atoms with Crippen molar-refractivity contribution in [2.24, 2.45) is 28.7 Å². The van der Waals surface area contributed by atoms with Gasteiger partial charge in [0.2, 0.25) is 5.91 Å². The molecule has 4 bridgehead atoms. The maximum Gasteiger partial charge on any atom is 0.250 e. The molecule has 1 saturated heterocycles. The van der Waals surface area contributed by atoms with Crippen LogP contribution in [0, 0.1) is 30.6 Å². The molecule has 1 amide bonds. The molecular formula is C28H35N3O. The number of rotatable bonds is 7. The van der Waals surface area contributed by atoms with Crippen LogP contribution in [0.5, 0.6) is 0 Å². The summed E-state index contributed by atoms with van der Waals surface area (Å²) in [7, 11) is 0. The summed E-state index contributed by atoms with van der Waals surface area (Å²) in [4.78, 5) is 21.5. The van der Waals surface area contributed by atoms with Crippen LogP contribution in [0.4, 0.5) is 0 Å². The number of carbonyl (C=O) groups excluding carboxylic acids is 1. The molecule has 32 heavy (non-hydrogen) atoms. The van der Waals surface area contributed by atoms with Crippen molar-refractivity contribution >= 4 is 12.1 Å². The third-order valence-electron chi connectivity index (χ3n) is 7.73. The van der Waals surface area contributed by atoms with Crippen LogP contribution in [-0.4, -0.2) is 41.7 Å². The molecule has 1 saturated carbocycles. The lowest BCUT2D eigenvalue weighted by Gasteiger charge is -2.51. The highest BCUT2D eigenvalue weighted by atomic mass is 16.2. The van der Waals surface area contributed by atoms with Gasteiger partial charge in [0.25, 0.3) is 0 Å². The average Bonchev–Trinajstić information content (AvgIpc) is 3.03. The van der Waals surface area contributed by atoms with Crippen LogP contribution >= 0.6 is 0 Å². The largest absolute Gasteiger partial charge is 0.350 e. The number of aliphatic imine (C=N–C) groups is 1. The van der Waals surface area contributed by atoms with E-state index < -0.39 is 5.54 Å². The molecule has 3 aliphatic heterocycles. The van der Waals surface area contributed by atoms with E-state index in [1.807, 2.05) is 0 Å². The lowest BCUT2D eigenvalue weighted by molar-refractivity contribution is -0.132. The lowest BCUT2D eigenvalue weighted by atomic mass is 9.59. The van der Waals surface area contributed by atoms with Crippen molar-refractivity contribution in [2.75, 3.05) is 13.1 Å². The third-order valence-corrected chi connectivity index (χ3v) is 7.73. The number of nitrogens with one attached hydrogen (secondary N) is 1. The summed E-state index contributed by atoms with van der Waals surface area (Å²) < 4.78 is 0. The predicted octanol–water partition coefficient (Wildman–Crippen LogP) is 4.27. The van der Waals surface area contributed by atoms with Crippen LogP contribution in [0.1, 0.15) is 37.0 Å². The van der Waals surface area contributed by atoms with Crippen molar-refractivity contribution in [2.45, 2.75) is 51.7 Å². The van der Waals surface area contributed by atoms with E-state index in [1.165, 1.54) is 11.1 Å². The fourth-order valence-corrected chi connectivity index (χ4v) is 6.55. The monoisotopic (exact) mass is 429 g/mol. The summed E-state index contributed by atoms with van der Waals surface area (Å²) in [6.45, 7) is 9.23. The fraction of sp³-hybridized carbons (Fsp3) is 0.500. The Labute approximate surface area is 192 Å². The molecule has 6 rings (SSSR count). The minimum absolute atomic E-state index is 0.118. The standard InChI is InChI=1S/C28H35N3O/c1-19(2)17-31-18-24-14-23-16-30-28(24,26(31)25(23)13-21-9-5-4-6-10-21)27(32)29-15-22-11-7-8-20(3)12-22/h4-12,16,19,23-26H,13-15,17-18H2,1-3H3,(H,29,32). The Morgan fingerprint density at radius 1 is 1.16 bits per heavy atom. The van der Waals surface area contributed by atoms with Crippen molar-refractivity contribution in [1.82, 2.24) is 10.2 Å². The van der Waals surface area contributed by atoms with Crippen molar-refractivity contribution in [3.05, 3.63) is 71.3 Å². The first-order chi connectivity index (χ1) is 15.5. The third kappa shape index (κ3) is 3.69. The second-order valence-electron chi connectivity index (χ2n) is 10.5. The average molecular weight is 430 g/mol. The highest BCUT2D eigenvalue weighted by Gasteiger charge is 2.67. The molecule has 2 fully saturated rings. The van der Waals surface area contributed by atoms with Crippen LogP contribution in [0.25, 0.3) is 0 Å². The first-order valence-electron chi connectivity index (χ1n) is 12.1. The molecule has 4 aliphatic rings. The van der Waals surface area contributed by atoms with Crippen LogP contribution in [0.2, 0.25) is 0 Å². The van der Waals surface area contributed by atoms with E-state index in [2.05, 4.69) is 91.8 Å². The number of nitrogens with zero attached hydrogens (tertiary/aromatic N) is 2. The van der Waals surface area contributed by atoms with Gasteiger partial charge >= 0.3 is 0 Å². The van der Waals surface area contributed by atoms with Gasteiger partial charge in [-0.3, -0.25) is 14.7 Å². The Balaban J connectivity index is 1.44. The number of amides is 1. The van der Waals surface area contributed by atoms with Crippen molar-refractivity contribution in [1.29, 1.82) is 0 Å². The maximum atomic E-state index is 13.9. The number of likely N-dealkylation sites (tertiary alicyclic amines) is 1. The molecule has 1 N–H and O–H groups in total. The molecule has 2 aromatic rings. The predicted molar refractivity (Wildman–Crippen MR) is 130 cm³/mol. The van der Waals surface area contributed by atoms with Gasteiger partial charge in [-0.25, -0.2) is 0 Å². The zero-order chi connectivity index (χ0) is 22.3. The summed E-state index contributed by atoms with van der Waals surface area (Å²) in [5.41, 5.74) is 3.08. The van der Waals surface area contributed by atoms with Gasteiger partial charge < -0.3 is 5.32 Å². The van der Waals surface area contributed by atoms with Crippen molar-refractivity contribution in [3.8, 4) is 0 Å². The first-order valence-corrected chi connectivity index (χ1v) is 12.1. The second-order valence-corrected chi connectivity index (χ2v) is 10.5. The number of hydrogen-bond acceptors (Lipinski definition) is 3. The van der Waals surface area contributed by atoms with Gasteiger partial charge in [-0.05, 0) is 48.6 Å². The minimum Gasteiger partial charge on any atom is -0.350 e. The van der Waals surface area contributed by atoms with Crippen LogP contribution in [0.15, 0.2) is 59.6 Å². The molecule has 3 heterocycles. The van der Waals surface area contributed by atoms with E-state index in [4.69, 9.17) is 4.99 Å². The Hall–Kier alpha value is -2.46. The first kappa shape index (κ1) is 21.4. The van der Waals surface area contributed by atoms with Gasteiger partial charge in [-0.15, -0.1) is 0 Å². The molecule has 5 unspecified atom stereocenters. The second kappa shape index (κ2) is 8.47. The summed E-state index contributed by atoms with van der Waals surface area (Å²) in [5, 5.41) is 3.29. The molecule has 168 valence electrons. The molecule has 0 spiro atoms. The van der Waals surface area contributed by atoms with E-state index >= 15 is 0 Å². The molecule has 1 aliphatic carbocycles. The zero-order valence-corrected chi connectivity index (χ0v) is 19.5. The van der Waals surface area contributed by atoms with Crippen LogP contribution in [0.3, 0.4) is 0 Å². The lowest BCUT2D eigenvalue weighted by Crippen LogP contribution is -2.66. The van der Waals surface area contributed by atoms with Gasteiger partial charge in [0.05, 0.1) is 0 Å². The molecule has 5 atom stereocenters. The van der Waals surface area contributed by atoms with E-state index in [0.717, 1.165) is 31.5 Å². The minimum atomic E-state index is -0.646. The van der Waals surface area contributed by atoms with Crippen molar-refractivity contribution in [3.63, 3.8) is 0 Å². The molecule has 4 heteroatoms. The molecule has 2 aromatic carbocycles. The van der Waals surface area contributed by atoms with E-state index in [-0.39, 0.29) is 11.9 Å². The Bertz CT molecular complexity index is 1000. The van der Waals surface area contributed by atoms with E-state index in [1.54, 1.807) is 0 Å². The highest BCUT2D eigenvalue weighted by Crippen LogP contribution is 2.54. The Morgan fingerprint density at radius 2 is 1.94 bits per heavy atom. The Morgan fingerprint density at radius 3 is 2.69 bits per heavy atom. The van der Waals surface area contributed by atoms with Crippen LogP contribution < -0.4 is 5.32 Å². The van der Waals surface area contributed by atoms with Gasteiger partial charge in [-0.2, -0.15) is 0 Å². The molecule has 0 radical (unpaired) electrons. The molecule has 0 aromatic heterocycles. The number of hydrogen-bond donors (Lipinski definition) is 1. The molecule has 4 nitrogen and oxygen atoms in total. The van der Waals surface area contributed by atoms with Gasteiger partial charge in [0.15, 0.2) is 5.54 Å². The van der Waals surface area contributed by atoms with Gasteiger partial charge in [-0.1, -0.05) is 74.0 Å². The quantitative estimate of drug-likeness (QED) is 0.714. The topological polar surface area (TPSA) is 44.7 Å².